The van der Waals surface area contributed by atoms with E-state index >= 15 is 0 Å². The lowest BCUT2D eigenvalue weighted by molar-refractivity contribution is -0.136. The lowest BCUT2D eigenvalue weighted by Gasteiger charge is -2.45. The fraction of sp³-hybridized carbons (Fsp3) is 0.895. The van der Waals surface area contributed by atoms with Gasteiger partial charge in [-0.3, -0.25) is 9.59 Å². The summed E-state index contributed by atoms with van der Waals surface area (Å²) in [5.41, 5.74) is 6.18. The molecule has 0 radical (unpaired) electrons. The van der Waals surface area contributed by atoms with E-state index in [1.165, 1.54) is 19.3 Å². The van der Waals surface area contributed by atoms with Crippen LogP contribution < -0.4 is 11.1 Å². The van der Waals surface area contributed by atoms with Crippen LogP contribution in [0.4, 0.5) is 0 Å². The molecule has 2 aliphatic carbocycles. The van der Waals surface area contributed by atoms with E-state index in [-0.39, 0.29) is 30.1 Å². The van der Waals surface area contributed by atoms with Crippen molar-refractivity contribution in [2.45, 2.75) is 76.8 Å². The first kappa shape index (κ1) is 20.5. The van der Waals surface area contributed by atoms with Crippen molar-refractivity contribution in [1.29, 1.82) is 0 Å². The van der Waals surface area contributed by atoms with Gasteiger partial charge in [-0.15, -0.1) is 12.4 Å². The van der Waals surface area contributed by atoms with E-state index in [1.807, 2.05) is 11.8 Å². The highest BCUT2D eigenvalue weighted by Gasteiger charge is 2.40. The summed E-state index contributed by atoms with van der Waals surface area (Å²) >= 11 is 0. The normalized spacial score (nSPS) is 32.6. The predicted molar refractivity (Wildman–Crippen MR) is 101 cm³/mol. The first-order chi connectivity index (χ1) is 11.6. The number of hydrogen-bond acceptors (Lipinski definition) is 3. The maximum absolute atomic E-state index is 12.7. The predicted octanol–water partition coefficient (Wildman–Crippen LogP) is 2.47. The molecule has 3 fully saturated rings. The number of likely N-dealkylation sites (tertiary alicyclic amines) is 1. The smallest absolute Gasteiger partial charge is 0.223 e. The summed E-state index contributed by atoms with van der Waals surface area (Å²) in [6, 6.07) is 0.659. The summed E-state index contributed by atoms with van der Waals surface area (Å²) in [6.07, 6.45) is 8.96. The zero-order chi connectivity index (χ0) is 17.1. The molecular weight excluding hydrogens is 338 g/mol. The van der Waals surface area contributed by atoms with Crippen molar-refractivity contribution in [2.75, 3.05) is 13.1 Å². The molecule has 0 aromatic heterocycles. The van der Waals surface area contributed by atoms with Crippen LogP contribution in [0.25, 0.3) is 0 Å². The minimum absolute atomic E-state index is 0. The Morgan fingerprint density at radius 2 is 1.68 bits per heavy atom. The topological polar surface area (TPSA) is 75.4 Å². The summed E-state index contributed by atoms with van der Waals surface area (Å²) in [7, 11) is 0. The van der Waals surface area contributed by atoms with Gasteiger partial charge in [0.05, 0.1) is 0 Å². The fourth-order valence-corrected chi connectivity index (χ4v) is 5.07. The van der Waals surface area contributed by atoms with Gasteiger partial charge in [-0.1, -0.05) is 13.3 Å². The van der Waals surface area contributed by atoms with Crippen LogP contribution in [-0.2, 0) is 9.59 Å². The van der Waals surface area contributed by atoms with Crippen LogP contribution in [-0.4, -0.2) is 41.9 Å². The first-order valence-corrected chi connectivity index (χ1v) is 9.92. The molecule has 5 nitrogen and oxygen atoms in total. The molecule has 3 aliphatic rings. The van der Waals surface area contributed by atoms with Crippen molar-refractivity contribution in [3.63, 3.8) is 0 Å². The first-order valence-electron chi connectivity index (χ1n) is 9.92. The Morgan fingerprint density at radius 3 is 2.24 bits per heavy atom. The maximum Gasteiger partial charge on any atom is 0.223 e. The second-order valence-corrected chi connectivity index (χ2v) is 8.12. The molecule has 0 aromatic rings. The maximum atomic E-state index is 12.7. The van der Waals surface area contributed by atoms with Crippen molar-refractivity contribution >= 4 is 24.2 Å². The molecule has 1 saturated heterocycles. The van der Waals surface area contributed by atoms with Gasteiger partial charge < -0.3 is 16.0 Å². The molecule has 2 unspecified atom stereocenters. The van der Waals surface area contributed by atoms with E-state index in [0.717, 1.165) is 45.2 Å². The van der Waals surface area contributed by atoms with Gasteiger partial charge in [-0.25, -0.2) is 0 Å². The van der Waals surface area contributed by atoms with E-state index in [0.29, 0.717) is 30.3 Å². The van der Waals surface area contributed by atoms with Gasteiger partial charge in [0.15, 0.2) is 0 Å². The van der Waals surface area contributed by atoms with Gasteiger partial charge >= 0.3 is 0 Å². The number of nitrogens with one attached hydrogen (secondary N) is 1. The minimum atomic E-state index is 0. The van der Waals surface area contributed by atoms with Gasteiger partial charge in [0, 0.05) is 37.5 Å². The summed E-state index contributed by atoms with van der Waals surface area (Å²) in [4.78, 5) is 26.6. The molecule has 0 spiro atoms. The van der Waals surface area contributed by atoms with Gasteiger partial charge in [-0.2, -0.15) is 0 Å². The fourth-order valence-electron chi connectivity index (χ4n) is 5.07. The van der Waals surface area contributed by atoms with E-state index < -0.39 is 0 Å². The molecule has 1 heterocycles. The number of carbonyl (C=O) groups is 2. The largest absolute Gasteiger partial charge is 0.353 e. The summed E-state index contributed by atoms with van der Waals surface area (Å²) in [6.45, 7) is 3.50. The van der Waals surface area contributed by atoms with Crippen LogP contribution in [0.3, 0.4) is 0 Å². The third kappa shape index (κ3) is 4.88. The molecule has 6 heteroatoms. The molecular formula is C19H34ClN3O2. The number of nitrogens with zero attached hydrogens (tertiary/aromatic N) is 1. The summed E-state index contributed by atoms with van der Waals surface area (Å²) < 4.78 is 0. The molecule has 2 amide bonds. The SMILES string of the molecule is CCCC(=O)N1CCC(C(=O)NC2C3CCCC2CC(N)C3)CC1.Cl. The van der Waals surface area contributed by atoms with Crippen LogP contribution in [0, 0.1) is 17.8 Å². The Bertz CT molecular complexity index is 452. The van der Waals surface area contributed by atoms with Crippen LogP contribution >= 0.6 is 12.4 Å². The number of piperidine rings is 1. The van der Waals surface area contributed by atoms with Crippen molar-refractivity contribution in [3.8, 4) is 0 Å². The molecule has 3 N–H and O–H groups in total. The molecule has 2 bridgehead atoms. The molecule has 2 atom stereocenters. The molecule has 1 aliphatic heterocycles. The third-order valence-corrected chi connectivity index (χ3v) is 6.37. The van der Waals surface area contributed by atoms with Gasteiger partial charge in [0.1, 0.15) is 0 Å². The number of halogens is 1. The second-order valence-electron chi connectivity index (χ2n) is 8.12. The van der Waals surface area contributed by atoms with Gasteiger partial charge in [-0.05, 0) is 56.8 Å². The number of amides is 2. The number of nitrogens with two attached hydrogens (primary N) is 1. The third-order valence-electron chi connectivity index (χ3n) is 6.37. The highest BCUT2D eigenvalue weighted by molar-refractivity contribution is 5.85. The van der Waals surface area contributed by atoms with E-state index in [2.05, 4.69) is 5.32 Å². The van der Waals surface area contributed by atoms with Gasteiger partial charge in [0.25, 0.3) is 0 Å². The lowest BCUT2D eigenvalue weighted by Crippen LogP contribution is -2.55. The summed E-state index contributed by atoms with van der Waals surface area (Å²) in [5, 5.41) is 3.38. The quantitative estimate of drug-likeness (QED) is 0.797. The average Bonchev–Trinajstić information content (AvgIpc) is 2.56. The highest BCUT2D eigenvalue weighted by atomic mass is 35.5. The molecule has 0 aromatic carbocycles. The monoisotopic (exact) mass is 371 g/mol. The Balaban J connectivity index is 0.00000225. The Labute approximate surface area is 157 Å². The van der Waals surface area contributed by atoms with Crippen molar-refractivity contribution < 1.29 is 9.59 Å². The average molecular weight is 372 g/mol. The number of fused-ring (bicyclic) bond motifs is 2. The van der Waals surface area contributed by atoms with Crippen LogP contribution in [0.2, 0.25) is 0 Å². The molecule has 144 valence electrons. The number of carbonyl (C=O) groups excluding carboxylic acids is 2. The van der Waals surface area contributed by atoms with Crippen LogP contribution in [0.5, 0.6) is 0 Å². The zero-order valence-corrected chi connectivity index (χ0v) is 16.2. The van der Waals surface area contributed by atoms with Crippen LogP contribution in [0.1, 0.15) is 64.7 Å². The Hall–Kier alpha value is -0.810. The van der Waals surface area contributed by atoms with E-state index in [9.17, 15) is 9.59 Å². The number of hydrogen-bond donors (Lipinski definition) is 2. The van der Waals surface area contributed by atoms with Crippen molar-refractivity contribution in [3.05, 3.63) is 0 Å². The van der Waals surface area contributed by atoms with Gasteiger partial charge in [0.2, 0.25) is 11.8 Å². The standard InChI is InChI=1S/C19H33N3O2.ClH/c1-2-4-17(23)22-9-7-13(8-10-22)19(24)21-18-14-5-3-6-15(18)12-16(20)11-14;/h13-16,18H,2-12,20H2,1H3,(H,21,24);1H. The van der Waals surface area contributed by atoms with Crippen molar-refractivity contribution in [1.82, 2.24) is 10.2 Å². The Kier molecular flexibility index (Phi) is 7.56. The van der Waals surface area contributed by atoms with Crippen molar-refractivity contribution in [2.24, 2.45) is 23.5 Å². The Morgan fingerprint density at radius 1 is 1.08 bits per heavy atom. The zero-order valence-electron chi connectivity index (χ0n) is 15.4. The second kappa shape index (κ2) is 9.22. The molecule has 25 heavy (non-hydrogen) atoms. The summed E-state index contributed by atoms with van der Waals surface area (Å²) in [5.74, 6) is 1.68. The van der Waals surface area contributed by atoms with Crippen LogP contribution in [0.15, 0.2) is 0 Å². The molecule has 2 saturated carbocycles. The van der Waals surface area contributed by atoms with E-state index in [4.69, 9.17) is 5.73 Å². The molecule has 3 rings (SSSR count). The highest BCUT2D eigenvalue weighted by Crippen LogP contribution is 2.39. The minimum Gasteiger partial charge on any atom is -0.353 e. The van der Waals surface area contributed by atoms with E-state index in [1.54, 1.807) is 0 Å². The lowest BCUT2D eigenvalue weighted by atomic mass is 9.67. The number of rotatable bonds is 4.